The zero-order valence-electron chi connectivity index (χ0n) is 28.2. The van der Waals surface area contributed by atoms with E-state index < -0.39 is 22.2 Å². The number of esters is 1. The molecule has 51 heavy (non-hydrogen) atoms. The molecule has 0 amide bonds. The van der Waals surface area contributed by atoms with Gasteiger partial charge in [0.05, 0.1) is 22.3 Å². The molecule has 3 N–H and O–H groups in total. The number of carbonyl (C=O) groups excluding carboxylic acids is 1. The van der Waals surface area contributed by atoms with Crippen LogP contribution in [0.3, 0.4) is 0 Å². The Morgan fingerprint density at radius 3 is 2.35 bits per heavy atom. The molecule has 10 heteroatoms. The van der Waals surface area contributed by atoms with Crippen molar-refractivity contribution in [2.45, 2.75) is 58.5 Å². The van der Waals surface area contributed by atoms with E-state index in [-0.39, 0.29) is 37.2 Å². The number of ether oxygens (including phenoxy) is 3. The number of aliphatic hydroxyl groups excluding tert-OH is 1. The highest BCUT2D eigenvalue weighted by molar-refractivity contribution is 7.92. The molecule has 4 bridgehead atoms. The van der Waals surface area contributed by atoms with Gasteiger partial charge in [0.15, 0.2) is 0 Å². The van der Waals surface area contributed by atoms with Gasteiger partial charge in [0.2, 0.25) is 0 Å². The first-order chi connectivity index (χ1) is 24.1. The predicted octanol–water partition coefficient (Wildman–Crippen LogP) is 7.75. The highest BCUT2D eigenvalue weighted by atomic mass is 32.2. The number of aryl methyl sites for hydroxylation is 2. The summed E-state index contributed by atoms with van der Waals surface area (Å²) >= 11 is 0. The fourth-order valence-corrected chi connectivity index (χ4v) is 7.06. The number of carbonyl (C=O) groups is 1. The summed E-state index contributed by atoms with van der Waals surface area (Å²) in [5, 5.41) is 14.6. The summed E-state index contributed by atoms with van der Waals surface area (Å²) in [7, 11) is -3.87. The Balaban J connectivity index is 0.00000504. The van der Waals surface area contributed by atoms with Crippen molar-refractivity contribution >= 4 is 21.7 Å². The first kappa shape index (κ1) is 37.1. The lowest BCUT2D eigenvalue weighted by Crippen LogP contribution is -2.35. The number of anilines is 1. The second-order valence-electron chi connectivity index (χ2n) is 12.4. The van der Waals surface area contributed by atoms with E-state index in [4.69, 9.17) is 14.2 Å². The van der Waals surface area contributed by atoms with Crippen molar-refractivity contribution in [1.29, 1.82) is 0 Å². The number of nitrogens with one attached hydrogen (secondary N) is 2. The molecule has 5 aromatic rings. The maximum Gasteiger partial charge on any atom is 0.338 e. The highest BCUT2D eigenvalue weighted by Gasteiger charge is 2.24. The number of aliphatic hydroxyl groups is 1. The van der Waals surface area contributed by atoms with Gasteiger partial charge in [-0.25, -0.2) is 13.2 Å². The maximum absolute atomic E-state index is 13.2. The van der Waals surface area contributed by atoms with Gasteiger partial charge in [-0.2, -0.15) is 0 Å². The van der Waals surface area contributed by atoms with Crippen molar-refractivity contribution in [2.24, 2.45) is 0 Å². The molecule has 1 aliphatic rings. The average molecular weight is 709 g/mol. The van der Waals surface area contributed by atoms with Crippen LogP contribution in [-0.2, 0) is 28.0 Å². The molecule has 0 aliphatic carbocycles. The van der Waals surface area contributed by atoms with Gasteiger partial charge in [0, 0.05) is 24.2 Å². The standard InChI is InChI=1S/C40H40N2O7S.CH4/c1-26-20-33(31-12-14-32(15-13-31)40(44)49-24-29-8-5-4-6-9-29)21-27(2)39(26)47-19-18-41-28(3)38(43)36-17-16-34-23-37(36)42-50(45,46)35-11-7-10-30(22-35)25-48-34;/h4-17,20-23,28,38,41-43H,18-19,24-25H2,1-3H3;1H4/t28-,38-;/m0./s1. The molecular weight excluding hydrogens is 665 g/mol. The fourth-order valence-electron chi connectivity index (χ4n) is 5.91. The van der Waals surface area contributed by atoms with Crippen molar-refractivity contribution in [3.8, 4) is 22.6 Å². The summed E-state index contributed by atoms with van der Waals surface area (Å²) in [6, 6.07) is 32.2. The van der Waals surface area contributed by atoms with Crippen molar-refractivity contribution < 1.29 is 32.5 Å². The zero-order valence-corrected chi connectivity index (χ0v) is 29.0. The van der Waals surface area contributed by atoms with Gasteiger partial charge in [-0.05, 0) is 96.6 Å². The van der Waals surface area contributed by atoms with Crippen molar-refractivity contribution in [3.63, 3.8) is 0 Å². The van der Waals surface area contributed by atoms with E-state index in [0.717, 1.165) is 39.1 Å². The third-order valence-electron chi connectivity index (χ3n) is 8.62. The minimum absolute atomic E-state index is 0. The molecule has 0 saturated heterocycles. The smallest absolute Gasteiger partial charge is 0.338 e. The number of hydrogen-bond acceptors (Lipinski definition) is 8. The zero-order chi connectivity index (χ0) is 35.3. The van der Waals surface area contributed by atoms with E-state index >= 15 is 0 Å². The molecular formula is C41H44N2O7S. The average Bonchev–Trinajstić information content (AvgIpc) is 3.12. The van der Waals surface area contributed by atoms with Crippen LogP contribution in [0.5, 0.6) is 11.5 Å². The molecule has 0 saturated carbocycles. The molecule has 0 fully saturated rings. The topological polar surface area (TPSA) is 123 Å². The Kier molecular flexibility index (Phi) is 11.8. The van der Waals surface area contributed by atoms with Crippen LogP contribution in [-0.4, -0.2) is 38.7 Å². The summed E-state index contributed by atoms with van der Waals surface area (Å²) in [5.74, 6) is 0.904. The molecule has 0 radical (unpaired) electrons. The SMILES string of the molecule is C.Cc1cc(-c2ccc(C(=O)OCc3ccccc3)cc2)cc(C)c1OCCN[C@@H](C)[C@H](O)c1ccc2cc1NS(=O)(=O)c1cccc(c1)CO2. The lowest BCUT2D eigenvalue weighted by atomic mass is 9.99. The molecule has 2 atom stereocenters. The number of benzene rings is 5. The molecule has 0 unspecified atom stereocenters. The summed E-state index contributed by atoms with van der Waals surface area (Å²) in [5.41, 5.74) is 6.77. The minimum atomic E-state index is -3.87. The van der Waals surface area contributed by atoms with Crippen LogP contribution in [0.1, 0.15) is 58.6 Å². The van der Waals surface area contributed by atoms with Gasteiger partial charge < -0.3 is 24.6 Å². The third kappa shape index (κ3) is 8.96. The van der Waals surface area contributed by atoms with E-state index in [1.54, 1.807) is 42.5 Å². The predicted molar refractivity (Wildman–Crippen MR) is 200 cm³/mol. The van der Waals surface area contributed by atoms with Gasteiger partial charge in [-0.3, -0.25) is 4.72 Å². The first-order valence-electron chi connectivity index (χ1n) is 16.4. The summed E-state index contributed by atoms with van der Waals surface area (Å²) in [6.07, 6.45) is -1.02. The van der Waals surface area contributed by atoms with Crippen LogP contribution in [0.15, 0.2) is 114 Å². The minimum Gasteiger partial charge on any atom is -0.492 e. The second-order valence-corrected chi connectivity index (χ2v) is 14.1. The Morgan fingerprint density at radius 2 is 1.63 bits per heavy atom. The Morgan fingerprint density at radius 1 is 0.902 bits per heavy atom. The van der Waals surface area contributed by atoms with E-state index in [1.807, 2.05) is 69.3 Å². The van der Waals surface area contributed by atoms with Crippen LogP contribution >= 0.6 is 0 Å². The molecule has 5 aromatic carbocycles. The lowest BCUT2D eigenvalue weighted by Gasteiger charge is -2.24. The molecule has 266 valence electrons. The van der Waals surface area contributed by atoms with Crippen LogP contribution in [0.4, 0.5) is 5.69 Å². The van der Waals surface area contributed by atoms with Crippen molar-refractivity contribution in [1.82, 2.24) is 5.32 Å². The van der Waals surface area contributed by atoms with Gasteiger partial charge >= 0.3 is 5.97 Å². The molecule has 6 rings (SSSR count). The second kappa shape index (κ2) is 16.2. The quantitative estimate of drug-likeness (QED) is 0.0941. The van der Waals surface area contributed by atoms with Gasteiger partial charge in [0.25, 0.3) is 10.0 Å². The summed E-state index contributed by atoms with van der Waals surface area (Å²) in [6.45, 7) is 7.06. The Bertz CT molecular complexity index is 2060. The molecule has 9 nitrogen and oxygen atoms in total. The Hall–Kier alpha value is -5.16. The first-order valence-corrected chi connectivity index (χ1v) is 17.9. The Labute approximate surface area is 300 Å². The molecule has 0 aromatic heterocycles. The van der Waals surface area contributed by atoms with Crippen LogP contribution in [0.2, 0.25) is 0 Å². The van der Waals surface area contributed by atoms with Gasteiger partial charge in [-0.15, -0.1) is 0 Å². The van der Waals surface area contributed by atoms with E-state index in [2.05, 4.69) is 22.2 Å². The number of sulfonamides is 1. The highest BCUT2D eigenvalue weighted by Crippen LogP contribution is 2.33. The van der Waals surface area contributed by atoms with Crippen LogP contribution in [0, 0.1) is 13.8 Å². The number of hydrogen-bond donors (Lipinski definition) is 3. The lowest BCUT2D eigenvalue weighted by molar-refractivity contribution is 0.0472. The van der Waals surface area contributed by atoms with Gasteiger partial charge in [0.1, 0.15) is 31.3 Å². The van der Waals surface area contributed by atoms with E-state index in [1.165, 1.54) is 6.07 Å². The maximum atomic E-state index is 13.2. The fraction of sp³-hybridized carbons (Fsp3) is 0.244. The molecule has 1 aliphatic heterocycles. The van der Waals surface area contributed by atoms with Gasteiger partial charge in [-0.1, -0.05) is 68.1 Å². The summed E-state index contributed by atoms with van der Waals surface area (Å²) < 4.78 is 46.4. The normalized spacial score (nSPS) is 14.1. The van der Waals surface area contributed by atoms with E-state index in [9.17, 15) is 18.3 Å². The largest absolute Gasteiger partial charge is 0.492 e. The summed E-state index contributed by atoms with van der Waals surface area (Å²) in [4.78, 5) is 12.7. The van der Waals surface area contributed by atoms with Crippen molar-refractivity contribution in [2.75, 3.05) is 17.9 Å². The monoisotopic (exact) mass is 708 g/mol. The van der Waals surface area contributed by atoms with Crippen molar-refractivity contribution in [3.05, 3.63) is 143 Å². The van der Waals surface area contributed by atoms with E-state index in [0.29, 0.717) is 30.0 Å². The number of fused-ring (bicyclic) bond motifs is 4. The third-order valence-corrected chi connectivity index (χ3v) is 9.98. The van der Waals surface area contributed by atoms with Crippen LogP contribution < -0.4 is 19.5 Å². The van der Waals surface area contributed by atoms with Crippen LogP contribution in [0.25, 0.3) is 11.1 Å². The molecule has 0 spiro atoms. The number of rotatable bonds is 11. The molecule has 1 heterocycles.